The van der Waals surface area contributed by atoms with E-state index in [1.54, 1.807) is 0 Å². The first-order valence-corrected chi connectivity index (χ1v) is 6.78. The Morgan fingerprint density at radius 3 is 2.32 bits per heavy atom. The Hall–Kier alpha value is -1.65. The second-order valence-electron chi connectivity index (χ2n) is 5.92. The molecule has 102 valence electrons. The molecule has 0 radical (unpaired) electrons. The molecule has 0 saturated heterocycles. The molecule has 1 unspecified atom stereocenters. The van der Waals surface area contributed by atoms with Crippen LogP contribution in [0.1, 0.15) is 38.5 Å². The number of rotatable bonds is 6. The van der Waals surface area contributed by atoms with Crippen molar-refractivity contribution in [1.82, 2.24) is 0 Å². The molecule has 5 nitrogen and oxygen atoms in total. The molecule has 3 rings (SSSR count). The monoisotopic (exact) mass is 263 g/mol. The summed E-state index contributed by atoms with van der Waals surface area (Å²) in [5.41, 5.74) is -0.895. The highest BCUT2D eigenvalue weighted by Gasteiger charge is 2.52. The van der Waals surface area contributed by atoms with Crippen molar-refractivity contribution < 1.29 is 19.8 Å². The average molecular weight is 263 g/mol. The summed E-state index contributed by atoms with van der Waals surface area (Å²) in [6.45, 7) is 0. The van der Waals surface area contributed by atoms with Crippen LogP contribution < -0.4 is 0 Å². The van der Waals surface area contributed by atoms with Crippen molar-refractivity contribution in [3.05, 3.63) is 11.1 Å². The number of hydrogen-bond donors (Lipinski definition) is 2. The third-order valence-electron chi connectivity index (χ3n) is 4.23. The van der Waals surface area contributed by atoms with E-state index in [2.05, 4.69) is 4.99 Å². The summed E-state index contributed by atoms with van der Waals surface area (Å²) in [5, 5.41) is 18.9. The summed E-state index contributed by atoms with van der Waals surface area (Å²) in [5.74, 6) is -1.43. The minimum absolute atomic E-state index is 0.0128. The zero-order valence-corrected chi connectivity index (χ0v) is 10.6. The fraction of sp³-hybridized carbons (Fsp3) is 0.643. The van der Waals surface area contributed by atoms with Gasteiger partial charge in [-0.25, -0.2) is 9.59 Å². The van der Waals surface area contributed by atoms with Gasteiger partial charge >= 0.3 is 11.9 Å². The highest BCUT2D eigenvalue weighted by Crippen LogP contribution is 2.46. The molecule has 0 aromatic carbocycles. The molecule has 0 amide bonds. The van der Waals surface area contributed by atoms with Crippen molar-refractivity contribution in [2.24, 2.45) is 16.8 Å². The van der Waals surface area contributed by atoms with Crippen molar-refractivity contribution in [3.63, 3.8) is 0 Å². The Morgan fingerprint density at radius 1 is 1.21 bits per heavy atom. The topological polar surface area (TPSA) is 87.0 Å². The molecule has 0 aromatic rings. The lowest BCUT2D eigenvalue weighted by Crippen LogP contribution is -2.40. The normalized spacial score (nSPS) is 29.9. The van der Waals surface area contributed by atoms with E-state index in [1.807, 2.05) is 0 Å². The summed E-state index contributed by atoms with van der Waals surface area (Å²) in [6, 6.07) is 0. The molecular formula is C14H17NO4. The standard InChI is InChI=1S/C14H17NO4/c16-12(17)11-10(5-8-1-2-8)7-15-14(11,13(18)19)6-9-3-4-9/h7-9H,1-6H2,(H,16,17)(H,18,19). The predicted octanol–water partition coefficient (Wildman–Crippen LogP) is 1.88. The van der Waals surface area contributed by atoms with Crippen molar-refractivity contribution in [3.8, 4) is 0 Å². The SMILES string of the molecule is O=C(O)C1=C(CC2CC2)C=NC1(CC1CC1)C(=O)O. The Bertz CT molecular complexity index is 500. The van der Waals surface area contributed by atoms with Crippen molar-refractivity contribution >= 4 is 18.2 Å². The number of aliphatic carboxylic acids is 2. The van der Waals surface area contributed by atoms with Gasteiger partial charge in [-0.15, -0.1) is 0 Å². The smallest absolute Gasteiger partial charge is 0.336 e. The molecule has 19 heavy (non-hydrogen) atoms. The Morgan fingerprint density at radius 2 is 1.84 bits per heavy atom. The molecular weight excluding hydrogens is 246 g/mol. The minimum atomic E-state index is -1.53. The van der Waals surface area contributed by atoms with Crippen LogP contribution in [0.5, 0.6) is 0 Å². The van der Waals surface area contributed by atoms with E-state index in [1.165, 1.54) is 6.21 Å². The molecule has 1 heterocycles. The number of carboxylic acid groups (broad SMARTS) is 2. The van der Waals surface area contributed by atoms with Crippen LogP contribution in [0.25, 0.3) is 0 Å². The van der Waals surface area contributed by atoms with Gasteiger partial charge in [0.1, 0.15) is 0 Å². The van der Waals surface area contributed by atoms with Crippen LogP contribution in [0.2, 0.25) is 0 Å². The van der Waals surface area contributed by atoms with Crippen LogP contribution in [-0.4, -0.2) is 33.9 Å². The van der Waals surface area contributed by atoms with Crippen molar-refractivity contribution in [2.75, 3.05) is 0 Å². The maximum Gasteiger partial charge on any atom is 0.336 e. The van der Waals surface area contributed by atoms with Gasteiger partial charge in [0.25, 0.3) is 0 Å². The van der Waals surface area contributed by atoms with E-state index in [-0.39, 0.29) is 5.57 Å². The molecule has 0 bridgehead atoms. The first kappa shape index (κ1) is 12.4. The molecule has 1 atom stereocenters. The quantitative estimate of drug-likeness (QED) is 0.766. The Kier molecular flexibility index (Phi) is 2.73. The molecule has 1 aliphatic heterocycles. The van der Waals surface area contributed by atoms with E-state index in [9.17, 15) is 19.8 Å². The molecule has 0 spiro atoms. The zero-order valence-electron chi connectivity index (χ0n) is 10.6. The predicted molar refractivity (Wildman–Crippen MR) is 68.2 cm³/mol. The summed E-state index contributed by atoms with van der Waals surface area (Å²) < 4.78 is 0. The molecule has 3 aliphatic rings. The molecule has 2 fully saturated rings. The van der Waals surface area contributed by atoms with Crippen LogP contribution in [0.4, 0.5) is 0 Å². The van der Waals surface area contributed by atoms with E-state index in [0.29, 0.717) is 30.3 Å². The van der Waals surface area contributed by atoms with Gasteiger partial charge in [-0.3, -0.25) is 4.99 Å². The van der Waals surface area contributed by atoms with E-state index in [0.717, 1.165) is 25.7 Å². The van der Waals surface area contributed by atoms with Crippen LogP contribution in [-0.2, 0) is 9.59 Å². The summed E-state index contributed by atoms with van der Waals surface area (Å²) >= 11 is 0. The Balaban J connectivity index is 1.97. The lowest BCUT2D eigenvalue weighted by molar-refractivity contribution is -0.145. The second kappa shape index (κ2) is 4.18. The maximum atomic E-state index is 11.6. The zero-order chi connectivity index (χ0) is 13.6. The molecule has 2 aliphatic carbocycles. The molecule has 5 heteroatoms. The van der Waals surface area contributed by atoms with Gasteiger partial charge < -0.3 is 10.2 Å². The van der Waals surface area contributed by atoms with Gasteiger partial charge in [-0.05, 0) is 43.1 Å². The van der Waals surface area contributed by atoms with Crippen LogP contribution >= 0.6 is 0 Å². The lowest BCUT2D eigenvalue weighted by Gasteiger charge is -2.23. The number of aliphatic imine (C=N–C) groups is 1. The van der Waals surface area contributed by atoms with Crippen LogP contribution in [0.3, 0.4) is 0 Å². The number of nitrogens with zero attached hydrogens (tertiary/aromatic N) is 1. The fourth-order valence-electron chi connectivity index (χ4n) is 2.83. The van der Waals surface area contributed by atoms with Gasteiger partial charge in [0, 0.05) is 6.21 Å². The number of allylic oxidation sites excluding steroid dienone is 1. The molecule has 0 aromatic heterocycles. The first-order valence-electron chi connectivity index (χ1n) is 6.78. The van der Waals surface area contributed by atoms with Gasteiger partial charge in [0.05, 0.1) is 5.57 Å². The highest BCUT2D eigenvalue weighted by atomic mass is 16.4. The van der Waals surface area contributed by atoms with Gasteiger partial charge in [0.2, 0.25) is 0 Å². The lowest BCUT2D eigenvalue weighted by atomic mass is 9.83. The van der Waals surface area contributed by atoms with E-state index < -0.39 is 17.5 Å². The third-order valence-corrected chi connectivity index (χ3v) is 4.23. The number of carbonyl (C=O) groups is 2. The molecule has 2 saturated carbocycles. The van der Waals surface area contributed by atoms with Crippen LogP contribution in [0.15, 0.2) is 16.1 Å². The second-order valence-corrected chi connectivity index (χ2v) is 5.92. The summed E-state index contributed by atoms with van der Waals surface area (Å²) in [7, 11) is 0. The third kappa shape index (κ3) is 2.17. The van der Waals surface area contributed by atoms with Crippen molar-refractivity contribution in [2.45, 2.75) is 44.1 Å². The summed E-state index contributed by atoms with van der Waals surface area (Å²) in [6.07, 6.45) is 6.66. The van der Waals surface area contributed by atoms with E-state index >= 15 is 0 Å². The van der Waals surface area contributed by atoms with Gasteiger partial charge in [0.15, 0.2) is 5.54 Å². The average Bonchev–Trinajstić information content (AvgIpc) is 3.20. The van der Waals surface area contributed by atoms with E-state index in [4.69, 9.17) is 0 Å². The van der Waals surface area contributed by atoms with Gasteiger partial charge in [-0.1, -0.05) is 12.8 Å². The number of hydrogen-bond acceptors (Lipinski definition) is 3. The maximum absolute atomic E-state index is 11.6. The number of carboxylic acids is 2. The highest BCUT2D eigenvalue weighted by molar-refractivity contribution is 6.08. The fourth-order valence-corrected chi connectivity index (χ4v) is 2.83. The molecule has 2 N–H and O–H groups in total. The summed E-state index contributed by atoms with van der Waals surface area (Å²) in [4.78, 5) is 27.3. The minimum Gasteiger partial charge on any atom is -0.479 e. The van der Waals surface area contributed by atoms with Crippen molar-refractivity contribution in [1.29, 1.82) is 0 Å². The van der Waals surface area contributed by atoms with Crippen LogP contribution in [0, 0.1) is 11.8 Å². The Labute approximate surface area is 111 Å². The largest absolute Gasteiger partial charge is 0.479 e. The first-order chi connectivity index (χ1) is 9.03. The van der Waals surface area contributed by atoms with Gasteiger partial charge in [-0.2, -0.15) is 0 Å².